The second-order valence-electron chi connectivity index (χ2n) is 2.47. The van der Waals surface area contributed by atoms with E-state index < -0.39 is 0 Å². The molecule has 0 aliphatic rings. The third kappa shape index (κ3) is 3.39. The number of hydrogen-bond acceptors (Lipinski definition) is 1. The Morgan fingerprint density at radius 3 is 2.85 bits per heavy atom. The highest BCUT2D eigenvalue weighted by Crippen LogP contribution is 2.15. The molecule has 1 aromatic rings. The van der Waals surface area contributed by atoms with Gasteiger partial charge in [-0.25, -0.2) is 4.39 Å². The molecule has 0 saturated carbocycles. The Labute approximate surface area is 84.6 Å². The van der Waals surface area contributed by atoms with Crippen LogP contribution < -0.4 is 0 Å². The summed E-state index contributed by atoms with van der Waals surface area (Å²) in [6.45, 7) is 0. The van der Waals surface area contributed by atoms with Crippen molar-refractivity contribution in [3.05, 3.63) is 40.1 Å². The van der Waals surface area contributed by atoms with Crippen molar-refractivity contribution >= 4 is 22.0 Å². The zero-order valence-electron chi connectivity index (χ0n) is 6.80. The predicted octanol–water partition coefficient (Wildman–Crippen LogP) is 3.52. The van der Waals surface area contributed by atoms with Gasteiger partial charge in [0, 0.05) is 4.47 Å². The van der Waals surface area contributed by atoms with Gasteiger partial charge >= 0.3 is 0 Å². The van der Waals surface area contributed by atoms with E-state index in [9.17, 15) is 4.39 Å². The van der Waals surface area contributed by atoms with Gasteiger partial charge in [-0.1, -0.05) is 28.1 Å². The van der Waals surface area contributed by atoms with Crippen LogP contribution in [-0.2, 0) is 0 Å². The Balaban J connectivity index is 2.84. The van der Waals surface area contributed by atoms with Crippen LogP contribution in [0.25, 0.3) is 6.08 Å². The van der Waals surface area contributed by atoms with Crippen molar-refractivity contribution in [2.24, 2.45) is 0 Å². The topological polar surface area (TPSA) is 23.8 Å². The molecule has 0 spiro atoms. The predicted molar refractivity (Wildman–Crippen MR) is 53.4 cm³/mol. The van der Waals surface area contributed by atoms with Crippen LogP contribution in [0, 0.1) is 17.1 Å². The second kappa shape index (κ2) is 4.78. The van der Waals surface area contributed by atoms with E-state index in [0.29, 0.717) is 10.9 Å². The van der Waals surface area contributed by atoms with Gasteiger partial charge in [0.1, 0.15) is 5.82 Å². The highest BCUT2D eigenvalue weighted by Gasteiger charge is 1.94. The van der Waals surface area contributed by atoms with Crippen molar-refractivity contribution in [2.75, 3.05) is 0 Å². The fraction of sp³-hybridized carbons (Fsp3) is 0.100. The zero-order chi connectivity index (χ0) is 9.68. The molecule has 0 aliphatic heterocycles. The zero-order valence-corrected chi connectivity index (χ0v) is 8.38. The number of halogens is 2. The minimum absolute atomic E-state index is 0.286. The van der Waals surface area contributed by atoms with Crippen LogP contribution in [0.3, 0.4) is 0 Å². The van der Waals surface area contributed by atoms with Crippen molar-refractivity contribution < 1.29 is 4.39 Å². The molecule has 0 fully saturated rings. The summed E-state index contributed by atoms with van der Waals surface area (Å²) in [5, 5.41) is 8.27. The highest BCUT2D eigenvalue weighted by molar-refractivity contribution is 9.10. The van der Waals surface area contributed by atoms with Crippen LogP contribution in [0.2, 0.25) is 0 Å². The van der Waals surface area contributed by atoms with Crippen molar-refractivity contribution in [1.82, 2.24) is 0 Å². The molecule has 1 nitrogen and oxygen atoms in total. The van der Waals surface area contributed by atoms with Gasteiger partial charge < -0.3 is 0 Å². The summed E-state index contributed by atoms with van der Waals surface area (Å²) in [6, 6.07) is 6.57. The van der Waals surface area contributed by atoms with Gasteiger partial charge in [-0.3, -0.25) is 0 Å². The van der Waals surface area contributed by atoms with E-state index >= 15 is 0 Å². The third-order valence-corrected chi connectivity index (χ3v) is 1.86. The number of benzene rings is 1. The number of nitrogens with zero attached hydrogens (tertiary/aromatic N) is 1. The molecule has 0 aromatic heterocycles. The van der Waals surface area contributed by atoms with Crippen LogP contribution in [0.4, 0.5) is 4.39 Å². The summed E-state index contributed by atoms with van der Waals surface area (Å²) in [6.07, 6.45) is 3.76. The fourth-order valence-corrected chi connectivity index (χ4v) is 1.40. The van der Waals surface area contributed by atoms with Crippen molar-refractivity contribution in [2.45, 2.75) is 6.42 Å². The van der Waals surface area contributed by atoms with Gasteiger partial charge in [-0.2, -0.15) is 5.26 Å². The monoisotopic (exact) mass is 239 g/mol. The summed E-state index contributed by atoms with van der Waals surface area (Å²) < 4.78 is 13.5. The molecular weight excluding hydrogens is 233 g/mol. The SMILES string of the molecule is N#CCC=Cc1cc(F)cc(Br)c1. The number of rotatable bonds is 2. The highest BCUT2D eigenvalue weighted by atomic mass is 79.9. The van der Waals surface area contributed by atoms with Gasteiger partial charge in [0.25, 0.3) is 0 Å². The summed E-state index contributed by atoms with van der Waals surface area (Å²) in [4.78, 5) is 0. The fourth-order valence-electron chi connectivity index (χ4n) is 0.919. The molecule has 66 valence electrons. The van der Waals surface area contributed by atoms with Crippen LogP contribution in [-0.4, -0.2) is 0 Å². The van der Waals surface area contributed by atoms with E-state index in [-0.39, 0.29) is 5.82 Å². The average Bonchev–Trinajstić information content (AvgIpc) is 2.03. The maximum atomic E-state index is 12.8. The lowest BCUT2D eigenvalue weighted by molar-refractivity contribution is 0.626. The lowest BCUT2D eigenvalue weighted by Gasteiger charge is -1.95. The first kappa shape index (κ1) is 9.94. The van der Waals surface area contributed by atoms with Crippen molar-refractivity contribution in [3.63, 3.8) is 0 Å². The first-order chi connectivity index (χ1) is 6.22. The van der Waals surface area contributed by atoms with Gasteiger partial charge in [-0.05, 0) is 23.8 Å². The number of hydrogen-bond donors (Lipinski definition) is 0. The summed E-state index contributed by atoms with van der Waals surface area (Å²) in [7, 11) is 0. The lowest BCUT2D eigenvalue weighted by atomic mass is 10.2. The smallest absolute Gasteiger partial charge is 0.124 e. The van der Waals surface area contributed by atoms with Crippen LogP contribution >= 0.6 is 15.9 Å². The first-order valence-corrected chi connectivity index (χ1v) is 4.51. The van der Waals surface area contributed by atoms with E-state index in [1.807, 2.05) is 6.07 Å². The Kier molecular flexibility index (Phi) is 3.66. The Morgan fingerprint density at radius 1 is 1.46 bits per heavy atom. The first-order valence-electron chi connectivity index (χ1n) is 3.72. The molecule has 3 heteroatoms. The van der Waals surface area contributed by atoms with Crippen LogP contribution in [0.5, 0.6) is 0 Å². The Morgan fingerprint density at radius 2 is 2.23 bits per heavy atom. The second-order valence-corrected chi connectivity index (χ2v) is 3.38. The Bertz CT molecular complexity index is 345. The minimum Gasteiger partial charge on any atom is -0.207 e. The van der Waals surface area contributed by atoms with E-state index in [2.05, 4.69) is 15.9 Å². The molecule has 13 heavy (non-hydrogen) atoms. The van der Waals surface area contributed by atoms with E-state index in [1.165, 1.54) is 12.1 Å². The van der Waals surface area contributed by atoms with E-state index in [0.717, 1.165) is 5.56 Å². The molecule has 0 N–H and O–H groups in total. The standard InChI is InChI=1S/C10H7BrFN/c11-9-5-8(3-1-2-4-13)6-10(12)7-9/h1,3,5-7H,2H2. The molecule has 0 heterocycles. The molecule has 0 bridgehead atoms. The van der Waals surface area contributed by atoms with Gasteiger partial charge in [-0.15, -0.1) is 0 Å². The lowest BCUT2D eigenvalue weighted by Crippen LogP contribution is -1.77. The molecule has 0 radical (unpaired) electrons. The van der Waals surface area contributed by atoms with Gasteiger partial charge in [0.05, 0.1) is 12.5 Å². The van der Waals surface area contributed by atoms with E-state index in [1.54, 1.807) is 18.2 Å². The molecule has 0 saturated heterocycles. The molecular formula is C10H7BrFN. The number of allylic oxidation sites excluding steroid dienone is 1. The summed E-state index contributed by atoms with van der Waals surface area (Å²) in [5.74, 6) is -0.286. The molecule has 0 aliphatic carbocycles. The number of nitriles is 1. The molecule has 0 amide bonds. The van der Waals surface area contributed by atoms with Gasteiger partial charge in [0.15, 0.2) is 0 Å². The van der Waals surface area contributed by atoms with Crippen LogP contribution in [0.15, 0.2) is 28.7 Å². The summed E-state index contributed by atoms with van der Waals surface area (Å²) >= 11 is 3.18. The maximum absolute atomic E-state index is 12.8. The normalized spacial score (nSPS) is 10.2. The molecule has 0 unspecified atom stereocenters. The average molecular weight is 240 g/mol. The molecule has 1 rings (SSSR count). The minimum atomic E-state index is -0.286. The molecule has 0 atom stereocenters. The van der Waals surface area contributed by atoms with Crippen molar-refractivity contribution in [1.29, 1.82) is 5.26 Å². The van der Waals surface area contributed by atoms with E-state index in [4.69, 9.17) is 5.26 Å². The Hall–Kier alpha value is -1.14. The summed E-state index contributed by atoms with van der Waals surface area (Å²) in [5.41, 5.74) is 0.752. The maximum Gasteiger partial charge on any atom is 0.124 e. The largest absolute Gasteiger partial charge is 0.207 e. The third-order valence-electron chi connectivity index (χ3n) is 1.40. The quantitative estimate of drug-likeness (QED) is 0.775. The van der Waals surface area contributed by atoms with Crippen LogP contribution in [0.1, 0.15) is 12.0 Å². The van der Waals surface area contributed by atoms with Gasteiger partial charge in [0.2, 0.25) is 0 Å². The molecule has 1 aromatic carbocycles. The van der Waals surface area contributed by atoms with Crippen molar-refractivity contribution in [3.8, 4) is 6.07 Å².